The number of rotatable bonds is 2. The van der Waals surface area contributed by atoms with Crippen LogP contribution >= 0.6 is 23.4 Å². The lowest BCUT2D eigenvalue weighted by Gasteiger charge is -2.19. The average Bonchev–Trinajstić information content (AvgIpc) is 2.66. The molecule has 1 saturated heterocycles. The zero-order chi connectivity index (χ0) is 11.8. The molecule has 2 rings (SSSR count). The molecule has 0 aliphatic carbocycles. The highest BCUT2D eigenvalue weighted by molar-refractivity contribution is 8.01. The van der Waals surface area contributed by atoms with E-state index in [2.05, 4.69) is 0 Å². The highest BCUT2D eigenvalue weighted by Crippen LogP contribution is 2.29. The van der Waals surface area contributed by atoms with E-state index >= 15 is 0 Å². The van der Waals surface area contributed by atoms with Gasteiger partial charge in [-0.15, -0.1) is 11.8 Å². The summed E-state index contributed by atoms with van der Waals surface area (Å²) in [5, 5.41) is 0.559. The van der Waals surface area contributed by atoms with Crippen molar-refractivity contribution in [3.05, 3.63) is 29.3 Å². The number of nitrogens with zero attached hydrogens (tertiary/aromatic N) is 1. The molecular weight excluding hydrogens is 266 g/mol. The van der Waals surface area contributed by atoms with Crippen molar-refractivity contribution in [2.45, 2.75) is 17.2 Å². The van der Waals surface area contributed by atoms with E-state index in [9.17, 15) is 8.42 Å². The van der Waals surface area contributed by atoms with Crippen LogP contribution in [0.3, 0.4) is 0 Å². The van der Waals surface area contributed by atoms with Crippen molar-refractivity contribution in [3.8, 4) is 0 Å². The van der Waals surface area contributed by atoms with Crippen LogP contribution in [-0.4, -0.2) is 30.4 Å². The monoisotopic (exact) mass is 277 g/mol. The lowest BCUT2D eigenvalue weighted by atomic mass is 10.4. The van der Waals surface area contributed by atoms with E-state index in [1.807, 2.05) is 6.92 Å². The SMILES string of the molecule is CC1SCCN1S(=O)(=O)c1ccc(Cl)cc1. The fourth-order valence-corrected chi connectivity index (χ4v) is 4.79. The molecule has 1 atom stereocenters. The van der Waals surface area contributed by atoms with Gasteiger partial charge in [0.15, 0.2) is 0 Å². The van der Waals surface area contributed by atoms with Gasteiger partial charge < -0.3 is 0 Å². The van der Waals surface area contributed by atoms with Crippen LogP contribution in [-0.2, 0) is 10.0 Å². The van der Waals surface area contributed by atoms with E-state index in [0.717, 1.165) is 5.75 Å². The Morgan fingerprint density at radius 2 is 2.00 bits per heavy atom. The van der Waals surface area contributed by atoms with E-state index in [0.29, 0.717) is 16.5 Å². The van der Waals surface area contributed by atoms with Crippen LogP contribution < -0.4 is 0 Å². The molecular formula is C10H12ClNO2S2. The molecule has 6 heteroatoms. The van der Waals surface area contributed by atoms with Gasteiger partial charge in [-0.3, -0.25) is 0 Å². The zero-order valence-corrected chi connectivity index (χ0v) is 11.1. The minimum atomic E-state index is -3.35. The van der Waals surface area contributed by atoms with E-state index in [4.69, 9.17) is 11.6 Å². The van der Waals surface area contributed by atoms with Gasteiger partial charge in [0.25, 0.3) is 0 Å². The van der Waals surface area contributed by atoms with E-state index in [1.165, 1.54) is 4.31 Å². The summed E-state index contributed by atoms with van der Waals surface area (Å²) in [7, 11) is -3.35. The molecule has 0 aromatic heterocycles. The standard InChI is InChI=1S/C10H12ClNO2S2/c1-8-12(6-7-15-8)16(13,14)10-4-2-9(11)3-5-10/h2-5,8H,6-7H2,1H3. The molecule has 1 aliphatic rings. The minimum Gasteiger partial charge on any atom is -0.207 e. The summed E-state index contributed by atoms with van der Waals surface area (Å²) in [4.78, 5) is 0.311. The highest BCUT2D eigenvalue weighted by atomic mass is 35.5. The van der Waals surface area contributed by atoms with Gasteiger partial charge in [-0.05, 0) is 31.2 Å². The first kappa shape index (κ1) is 12.2. The number of hydrogen-bond donors (Lipinski definition) is 0. The summed E-state index contributed by atoms with van der Waals surface area (Å²) in [5.41, 5.74) is 0. The van der Waals surface area contributed by atoms with Gasteiger partial charge >= 0.3 is 0 Å². The van der Waals surface area contributed by atoms with Crippen LogP contribution in [0.4, 0.5) is 0 Å². The van der Waals surface area contributed by atoms with Gasteiger partial charge in [0.05, 0.1) is 10.3 Å². The van der Waals surface area contributed by atoms with Crippen LogP contribution in [0.1, 0.15) is 6.92 Å². The molecule has 1 unspecified atom stereocenters. The van der Waals surface area contributed by atoms with E-state index in [-0.39, 0.29) is 5.37 Å². The molecule has 0 radical (unpaired) electrons. The second kappa shape index (κ2) is 4.56. The van der Waals surface area contributed by atoms with Gasteiger partial charge in [0, 0.05) is 17.3 Å². The van der Waals surface area contributed by atoms with Crippen molar-refractivity contribution in [1.82, 2.24) is 4.31 Å². The van der Waals surface area contributed by atoms with Gasteiger partial charge in [-0.2, -0.15) is 4.31 Å². The normalized spacial score (nSPS) is 22.5. The first-order valence-electron chi connectivity index (χ1n) is 4.91. The first-order valence-corrected chi connectivity index (χ1v) is 7.77. The molecule has 1 aromatic rings. The molecule has 88 valence electrons. The Labute approximate surface area is 105 Å². The van der Waals surface area contributed by atoms with Gasteiger partial charge in [0.2, 0.25) is 10.0 Å². The number of halogens is 1. The molecule has 0 bridgehead atoms. The van der Waals surface area contributed by atoms with E-state index in [1.54, 1.807) is 36.0 Å². The molecule has 0 spiro atoms. The largest absolute Gasteiger partial charge is 0.244 e. The number of sulfonamides is 1. The van der Waals surface area contributed by atoms with E-state index < -0.39 is 10.0 Å². The number of hydrogen-bond acceptors (Lipinski definition) is 3. The van der Waals surface area contributed by atoms with Gasteiger partial charge in [-0.1, -0.05) is 11.6 Å². The zero-order valence-electron chi connectivity index (χ0n) is 8.76. The number of benzene rings is 1. The molecule has 3 nitrogen and oxygen atoms in total. The maximum Gasteiger partial charge on any atom is 0.244 e. The highest BCUT2D eigenvalue weighted by Gasteiger charge is 2.32. The summed E-state index contributed by atoms with van der Waals surface area (Å²) in [6, 6.07) is 6.30. The van der Waals surface area contributed by atoms with Crippen LogP contribution in [0.2, 0.25) is 5.02 Å². The number of thioether (sulfide) groups is 1. The van der Waals surface area contributed by atoms with Crippen molar-refractivity contribution in [1.29, 1.82) is 0 Å². The van der Waals surface area contributed by atoms with Crippen LogP contribution in [0.5, 0.6) is 0 Å². The average molecular weight is 278 g/mol. The maximum absolute atomic E-state index is 12.2. The third-order valence-electron chi connectivity index (χ3n) is 2.50. The summed E-state index contributed by atoms with van der Waals surface area (Å²) in [6.07, 6.45) is 0. The molecule has 16 heavy (non-hydrogen) atoms. The quantitative estimate of drug-likeness (QED) is 0.833. The van der Waals surface area contributed by atoms with Crippen LogP contribution in [0.25, 0.3) is 0 Å². The fourth-order valence-electron chi connectivity index (χ4n) is 1.64. The first-order chi connectivity index (χ1) is 7.51. The lowest BCUT2D eigenvalue weighted by molar-refractivity contribution is 0.442. The molecule has 0 saturated carbocycles. The molecule has 0 amide bonds. The Hall–Kier alpha value is -0.230. The van der Waals surface area contributed by atoms with Gasteiger partial charge in [-0.25, -0.2) is 8.42 Å². The van der Waals surface area contributed by atoms with Crippen molar-refractivity contribution >= 4 is 33.4 Å². The minimum absolute atomic E-state index is 0.0145. The Kier molecular flexibility index (Phi) is 3.49. The second-order valence-electron chi connectivity index (χ2n) is 3.54. The molecule has 0 N–H and O–H groups in total. The predicted molar refractivity (Wildman–Crippen MR) is 67.3 cm³/mol. The van der Waals surface area contributed by atoms with Gasteiger partial charge in [0.1, 0.15) is 0 Å². The summed E-state index contributed by atoms with van der Waals surface area (Å²) >= 11 is 7.39. The predicted octanol–water partition coefficient (Wildman–Crippen LogP) is 2.42. The summed E-state index contributed by atoms with van der Waals surface area (Å²) < 4.78 is 26.0. The van der Waals surface area contributed by atoms with Crippen molar-refractivity contribution < 1.29 is 8.42 Å². The topological polar surface area (TPSA) is 37.4 Å². The molecule has 1 heterocycles. The molecule has 1 aromatic carbocycles. The summed E-state index contributed by atoms with van der Waals surface area (Å²) in [6.45, 7) is 2.49. The Balaban J connectivity index is 2.35. The third-order valence-corrected chi connectivity index (χ3v) is 6.02. The molecule has 1 aliphatic heterocycles. The van der Waals surface area contributed by atoms with Crippen molar-refractivity contribution in [2.75, 3.05) is 12.3 Å². The smallest absolute Gasteiger partial charge is 0.207 e. The Morgan fingerprint density at radius 1 is 1.38 bits per heavy atom. The third kappa shape index (κ3) is 2.22. The second-order valence-corrected chi connectivity index (χ2v) is 7.29. The fraction of sp³-hybridized carbons (Fsp3) is 0.400. The Bertz CT molecular complexity index is 472. The van der Waals surface area contributed by atoms with Crippen LogP contribution in [0, 0.1) is 0 Å². The van der Waals surface area contributed by atoms with Crippen LogP contribution in [0.15, 0.2) is 29.2 Å². The van der Waals surface area contributed by atoms with Crippen molar-refractivity contribution in [3.63, 3.8) is 0 Å². The Morgan fingerprint density at radius 3 is 2.50 bits per heavy atom. The van der Waals surface area contributed by atoms with Crippen molar-refractivity contribution in [2.24, 2.45) is 0 Å². The summed E-state index contributed by atoms with van der Waals surface area (Å²) in [5.74, 6) is 0.855. The molecule has 1 fully saturated rings. The maximum atomic E-state index is 12.2. The lowest BCUT2D eigenvalue weighted by Crippen LogP contribution is -2.33.